The fraction of sp³-hybridized carbons (Fsp3) is 0.130. The second kappa shape index (κ2) is 7.66. The van der Waals surface area contributed by atoms with E-state index in [1.54, 1.807) is 5.51 Å². The first-order valence-electron chi connectivity index (χ1n) is 9.42. The predicted octanol–water partition coefficient (Wildman–Crippen LogP) is 4.75. The van der Waals surface area contributed by atoms with Gasteiger partial charge in [-0.15, -0.1) is 11.3 Å². The molecule has 3 aromatic carbocycles. The molecule has 1 atom stereocenters. The van der Waals surface area contributed by atoms with E-state index in [0.717, 1.165) is 39.1 Å². The van der Waals surface area contributed by atoms with Crippen molar-refractivity contribution in [3.8, 4) is 17.3 Å². The number of aliphatic hydroxyl groups is 1. The number of benzene rings is 3. The third kappa shape index (κ3) is 3.48. The molecule has 0 saturated carbocycles. The van der Waals surface area contributed by atoms with Crippen molar-refractivity contribution >= 4 is 33.1 Å². The van der Waals surface area contributed by atoms with Crippen LogP contribution in [0.4, 0.5) is 0 Å². The number of imidazole rings is 1. The number of hydrogen-bond acceptors (Lipinski definition) is 5. The maximum absolute atomic E-state index is 10.7. The van der Waals surface area contributed by atoms with Gasteiger partial charge in [-0.05, 0) is 23.6 Å². The number of aliphatic hydroxyl groups excluding tert-OH is 1. The summed E-state index contributed by atoms with van der Waals surface area (Å²) in [6, 6.07) is 21.9. The number of aromatic nitrogens is 3. The molecule has 5 aromatic rings. The highest BCUT2D eigenvalue weighted by Crippen LogP contribution is 2.27. The van der Waals surface area contributed by atoms with E-state index >= 15 is 0 Å². The SMILES string of the molecule is OC(COc1cccc2ccccc12)Cn1c(-c2cscn2)nc2ccccc21. The Morgan fingerprint density at radius 3 is 2.72 bits per heavy atom. The van der Waals surface area contributed by atoms with E-state index < -0.39 is 6.10 Å². The molecule has 0 spiro atoms. The van der Waals surface area contributed by atoms with Gasteiger partial charge in [-0.1, -0.05) is 48.5 Å². The molecule has 0 aliphatic rings. The second-order valence-corrected chi connectivity index (χ2v) is 7.57. The summed E-state index contributed by atoms with van der Waals surface area (Å²) in [7, 11) is 0. The van der Waals surface area contributed by atoms with Gasteiger partial charge >= 0.3 is 0 Å². The normalized spacial score (nSPS) is 12.4. The van der Waals surface area contributed by atoms with Gasteiger partial charge < -0.3 is 14.4 Å². The van der Waals surface area contributed by atoms with Crippen molar-refractivity contribution in [2.45, 2.75) is 12.6 Å². The lowest BCUT2D eigenvalue weighted by Gasteiger charge is -2.16. The monoisotopic (exact) mass is 401 g/mol. The van der Waals surface area contributed by atoms with Crippen molar-refractivity contribution in [2.75, 3.05) is 6.61 Å². The van der Waals surface area contributed by atoms with E-state index in [-0.39, 0.29) is 6.61 Å². The predicted molar refractivity (Wildman–Crippen MR) is 116 cm³/mol. The van der Waals surface area contributed by atoms with E-state index in [4.69, 9.17) is 9.72 Å². The van der Waals surface area contributed by atoms with Gasteiger partial charge in [-0.25, -0.2) is 9.97 Å². The third-order valence-electron chi connectivity index (χ3n) is 4.89. The topological polar surface area (TPSA) is 60.2 Å². The third-order valence-corrected chi connectivity index (χ3v) is 5.48. The Kier molecular flexibility index (Phi) is 4.71. The molecule has 0 amide bonds. The molecule has 1 unspecified atom stereocenters. The molecule has 5 rings (SSSR count). The summed E-state index contributed by atoms with van der Waals surface area (Å²) in [6.07, 6.45) is -0.691. The Morgan fingerprint density at radius 2 is 1.83 bits per heavy atom. The van der Waals surface area contributed by atoms with Crippen LogP contribution >= 0.6 is 11.3 Å². The van der Waals surface area contributed by atoms with Crippen molar-refractivity contribution in [1.82, 2.24) is 14.5 Å². The Balaban J connectivity index is 1.40. The minimum absolute atomic E-state index is 0.191. The molecule has 144 valence electrons. The van der Waals surface area contributed by atoms with Crippen LogP contribution in [0.2, 0.25) is 0 Å². The zero-order valence-corrected chi connectivity index (χ0v) is 16.4. The van der Waals surface area contributed by atoms with Crippen LogP contribution in [0.15, 0.2) is 77.6 Å². The summed E-state index contributed by atoms with van der Waals surface area (Å²) in [5, 5.41) is 14.9. The van der Waals surface area contributed by atoms with Gasteiger partial charge in [-0.2, -0.15) is 0 Å². The molecule has 0 aliphatic heterocycles. The van der Waals surface area contributed by atoms with Crippen molar-refractivity contribution in [2.24, 2.45) is 0 Å². The Labute approximate surface area is 171 Å². The van der Waals surface area contributed by atoms with Crippen LogP contribution in [0, 0.1) is 0 Å². The molecule has 2 heterocycles. The van der Waals surface area contributed by atoms with E-state index in [0.29, 0.717) is 6.54 Å². The Bertz CT molecular complexity index is 1260. The second-order valence-electron chi connectivity index (χ2n) is 6.85. The van der Waals surface area contributed by atoms with Crippen LogP contribution in [-0.2, 0) is 6.54 Å². The molecule has 6 heteroatoms. The molecular weight excluding hydrogens is 382 g/mol. The van der Waals surface area contributed by atoms with Gasteiger partial charge in [0.1, 0.15) is 24.2 Å². The first kappa shape index (κ1) is 17.8. The van der Waals surface area contributed by atoms with Gasteiger partial charge in [0.25, 0.3) is 0 Å². The average Bonchev–Trinajstić information content (AvgIpc) is 3.41. The number of rotatable bonds is 6. The standard InChI is InChI=1S/C23H19N3O2S/c27-17(13-28-22-11-5-7-16-6-1-2-8-18(16)22)12-26-21-10-4-3-9-19(21)25-23(26)20-14-29-15-24-20/h1-11,14-15,17,27H,12-13H2. The number of nitrogens with zero attached hydrogens (tertiary/aromatic N) is 3. The molecule has 0 bridgehead atoms. The van der Waals surface area contributed by atoms with Gasteiger partial charge in [0, 0.05) is 10.8 Å². The molecule has 1 N–H and O–H groups in total. The molecule has 29 heavy (non-hydrogen) atoms. The van der Waals surface area contributed by atoms with E-state index in [9.17, 15) is 5.11 Å². The maximum atomic E-state index is 10.7. The minimum Gasteiger partial charge on any atom is -0.490 e. The lowest BCUT2D eigenvalue weighted by molar-refractivity contribution is 0.0945. The summed E-state index contributed by atoms with van der Waals surface area (Å²) < 4.78 is 7.99. The molecule has 0 saturated heterocycles. The fourth-order valence-corrected chi connectivity index (χ4v) is 4.08. The summed E-state index contributed by atoms with van der Waals surface area (Å²) in [6.45, 7) is 0.565. The van der Waals surface area contributed by atoms with Crippen LogP contribution in [-0.4, -0.2) is 32.4 Å². The number of ether oxygens (including phenoxy) is 1. The molecular formula is C23H19N3O2S. The Morgan fingerprint density at radius 1 is 1.00 bits per heavy atom. The lowest BCUT2D eigenvalue weighted by Crippen LogP contribution is -2.24. The Hall–Kier alpha value is -3.22. The highest BCUT2D eigenvalue weighted by atomic mass is 32.1. The van der Waals surface area contributed by atoms with Gasteiger partial charge in [-0.3, -0.25) is 0 Å². The van der Waals surface area contributed by atoms with Crippen LogP contribution < -0.4 is 4.74 Å². The quantitative estimate of drug-likeness (QED) is 0.446. The zero-order chi connectivity index (χ0) is 19.6. The zero-order valence-electron chi connectivity index (χ0n) is 15.6. The van der Waals surface area contributed by atoms with E-state index in [2.05, 4.69) is 17.1 Å². The molecule has 5 nitrogen and oxygen atoms in total. The fourth-order valence-electron chi connectivity index (χ4n) is 3.55. The van der Waals surface area contributed by atoms with Crippen LogP contribution in [0.5, 0.6) is 5.75 Å². The van der Waals surface area contributed by atoms with Gasteiger partial charge in [0.15, 0.2) is 5.82 Å². The first-order chi connectivity index (χ1) is 14.3. The van der Waals surface area contributed by atoms with E-state index in [1.807, 2.05) is 64.5 Å². The molecule has 2 aromatic heterocycles. The largest absolute Gasteiger partial charge is 0.490 e. The maximum Gasteiger partial charge on any atom is 0.160 e. The minimum atomic E-state index is -0.691. The molecule has 0 aliphatic carbocycles. The summed E-state index contributed by atoms with van der Waals surface area (Å²) in [4.78, 5) is 9.12. The van der Waals surface area contributed by atoms with Gasteiger partial charge in [0.05, 0.1) is 23.1 Å². The van der Waals surface area contributed by atoms with Crippen molar-refractivity contribution < 1.29 is 9.84 Å². The van der Waals surface area contributed by atoms with Crippen LogP contribution in [0.1, 0.15) is 0 Å². The van der Waals surface area contributed by atoms with Gasteiger partial charge in [0.2, 0.25) is 0 Å². The number of fused-ring (bicyclic) bond motifs is 2. The highest BCUT2D eigenvalue weighted by Gasteiger charge is 2.17. The number of hydrogen-bond donors (Lipinski definition) is 1. The van der Waals surface area contributed by atoms with E-state index in [1.165, 1.54) is 11.3 Å². The van der Waals surface area contributed by atoms with Crippen LogP contribution in [0.25, 0.3) is 33.3 Å². The van der Waals surface area contributed by atoms with Crippen molar-refractivity contribution in [3.63, 3.8) is 0 Å². The highest BCUT2D eigenvalue weighted by molar-refractivity contribution is 7.07. The average molecular weight is 401 g/mol. The lowest BCUT2D eigenvalue weighted by atomic mass is 10.1. The van der Waals surface area contributed by atoms with Crippen molar-refractivity contribution in [1.29, 1.82) is 0 Å². The number of thiazole rings is 1. The number of para-hydroxylation sites is 2. The summed E-state index contributed by atoms with van der Waals surface area (Å²) in [5.41, 5.74) is 4.46. The van der Waals surface area contributed by atoms with Crippen LogP contribution in [0.3, 0.4) is 0 Å². The molecule has 0 radical (unpaired) electrons. The summed E-state index contributed by atoms with van der Waals surface area (Å²) >= 11 is 1.53. The smallest absolute Gasteiger partial charge is 0.160 e. The molecule has 0 fully saturated rings. The first-order valence-corrected chi connectivity index (χ1v) is 10.4. The summed E-state index contributed by atoms with van der Waals surface area (Å²) in [5.74, 6) is 1.54. The van der Waals surface area contributed by atoms with Crippen molar-refractivity contribution in [3.05, 3.63) is 77.6 Å².